The summed E-state index contributed by atoms with van der Waals surface area (Å²) in [7, 11) is 0. The van der Waals surface area contributed by atoms with Crippen LogP contribution in [0.5, 0.6) is 28.7 Å². The van der Waals surface area contributed by atoms with E-state index < -0.39 is 16.9 Å². The van der Waals surface area contributed by atoms with E-state index in [9.17, 15) is 20.1 Å². The number of phenols is 2. The van der Waals surface area contributed by atoms with E-state index in [2.05, 4.69) is 0 Å². The lowest BCUT2D eigenvalue weighted by molar-refractivity contribution is 0.438. The second-order valence-electron chi connectivity index (χ2n) is 4.71. The predicted molar refractivity (Wildman–Crippen MR) is 73.0 cm³/mol. The molecule has 2 aromatic carbocycles. The number of ether oxygens (including phenoxy) is 1. The summed E-state index contributed by atoms with van der Waals surface area (Å²) in [5.41, 5.74) is -0.323. The van der Waals surface area contributed by atoms with E-state index >= 15 is 0 Å². The zero-order valence-corrected chi connectivity index (χ0v) is 10.5. The van der Waals surface area contributed by atoms with Crippen LogP contribution in [-0.2, 0) is 0 Å². The van der Waals surface area contributed by atoms with E-state index in [0.717, 1.165) is 11.8 Å². The third kappa shape index (κ3) is 1.62. The van der Waals surface area contributed by atoms with Gasteiger partial charge in [-0.1, -0.05) is 0 Å². The van der Waals surface area contributed by atoms with Gasteiger partial charge in [0, 0.05) is 17.7 Å². The Balaban J connectivity index is 2.07. The Labute approximate surface area is 117 Å². The molecular weight excluding hydrogens is 276 g/mol. The molecule has 0 radical (unpaired) electrons. The number of hydrogen-bond donors (Lipinski definition) is 3. The maximum Gasteiger partial charge on any atom is 0.238 e. The number of benzene rings is 2. The molecule has 2 heterocycles. The van der Waals surface area contributed by atoms with Crippen molar-refractivity contribution >= 4 is 11.0 Å². The Hall–Kier alpha value is -3.15. The number of rotatable bonds is 1. The molecule has 0 spiro atoms. The fraction of sp³-hybridized carbons (Fsp3) is 0. The Morgan fingerprint density at radius 3 is 2.52 bits per heavy atom. The number of hydrogen-bond acceptors (Lipinski definition) is 6. The first-order valence-corrected chi connectivity index (χ1v) is 6.08. The zero-order valence-electron chi connectivity index (χ0n) is 10.5. The van der Waals surface area contributed by atoms with Crippen LogP contribution in [0.3, 0.4) is 0 Å². The monoisotopic (exact) mass is 284 g/mol. The molecule has 0 amide bonds. The first kappa shape index (κ1) is 11.7. The summed E-state index contributed by atoms with van der Waals surface area (Å²) in [4.78, 5) is 12.2. The first-order valence-electron chi connectivity index (χ1n) is 6.08. The smallest absolute Gasteiger partial charge is 0.238 e. The molecule has 4 rings (SSSR count). The van der Waals surface area contributed by atoms with Gasteiger partial charge in [0.1, 0.15) is 22.5 Å². The highest BCUT2D eigenvalue weighted by Crippen LogP contribution is 2.48. The van der Waals surface area contributed by atoms with Gasteiger partial charge in [0.2, 0.25) is 11.2 Å². The topological polar surface area (TPSA) is 103 Å². The van der Waals surface area contributed by atoms with Crippen LogP contribution in [0.1, 0.15) is 0 Å². The molecule has 0 fully saturated rings. The van der Waals surface area contributed by atoms with Crippen molar-refractivity contribution in [3.63, 3.8) is 0 Å². The second-order valence-corrected chi connectivity index (χ2v) is 4.71. The lowest BCUT2D eigenvalue weighted by atomic mass is 10.1. The van der Waals surface area contributed by atoms with Crippen molar-refractivity contribution in [3.05, 3.63) is 40.6 Å². The van der Waals surface area contributed by atoms with Gasteiger partial charge in [-0.25, -0.2) is 0 Å². The molecule has 0 unspecified atom stereocenters. The van der Waals surface area contributed by atoms with Crippen LogP contribution in [0.4, 0.5) is 0 Å². The van der Waals surface area contributed by atoms with Gasteiger partial charge in [-0.2, -0.15) is 0 Å². The van der Waals surface area contributed by atoms with Crippen LogP contribution >= 0.6 is 0 Å². The highest BCUT2D eigenvalue weighted by atomic mass is 16.6. The average Bonchev–Trinajstić information content (AvgIpc) is 3.20. The molecule has 3 N–H and O–H groups in total. The van der Waals surface area contributed by atoms with Gasteiger partial charge in [0.05, 0.1) is 0 Å². The van der Waals surface area contributed by atoms with E-state index in [-0.39, 0.29) is 22.5 Å². The van der Waals surface area contributed by atoms with Gasteiger partial charge in [-0.3, -0.25) is 4.79 Å². The molecule has 6 nitrogen and oxygen atoms in total. The number of phenolic OH excluding ortho intramolecular Hbond substituents is 2. The van der Waals surface area contributed by atoms with Crippen molar-refractivity contribution in [2.45, 2.75) is 0 Å². The SMILES string of the molecule is O=c1c(O)c(-c2ccc3c(c2)O3)oc2cc(O)cc(O)c12. The third-order valence-corrected chi connectivity index (χ3v) is 3.32. The molecule has 1 aliphatic rings. The highest BCUT2D eigenvalue weighted by Gasteiger charge is 2.24. The standard InChI is InChI=1S/C15H8O6/c16-7-4-8(17)12-11(5-7)21-15(14(19)13(12)18)6-1-2-9-10(3-6)20-9/h1-5,16-17,19H. The van der Waals surface area contributed by atoms with E-state index in [1.165, 1.54) is 6.07 Å². The summed E-state index contributed by atoms with van der Waals surface area (Å²) in [6.07, 6.45) is 0. The fourth-order valence-electron chi connectivity index (χ4n) is 2.28. The van der Waals surface area contributed by atoms with Crippen LogP contribution in [0.15, 0.2) is 39.5 Å². The van der Waals surface area contributed by atoms with Gasteiger partial charge in [-0.05, 0) is 18.2 Å². The van der Waals surface area contributed by atoms with Crippen molar-refractivity contribution in [2.75, 3.05) is 0 Å². The van der Waals surface area contributed by atoms with Gasteiger partial charge < -0.3 is 24.5 Å². The van der Waals surface area contributed by atoms with Crippen molar-refractivity contribution < 1.29 is 24.5 Å². The molecule has 104 valence electrons. The molecule has 1 aliphatic heterocycles. The van der Waals surface area contributed by atoms with Crippen molar-refractivity contribution in [1.82, 2.24) is 0 Å². The summed E-state index contributed by atoms with van der Waals surface area (Å²) in [6.45, 7) is 0. The van der Waals surface area contributed by atoms with E-state index in [1.54, 1.807) is 18.2 Å². The molecule has 0 bridgehead atoms. The Bertz CT molecular complexity index is 970. The van der Waals surface area contributed by atoms with Gasteiger partial charge in [0.15, 0.2) is 17.3 Å². The summed E-state index contributed by atoms with van der Waals surface area (Å²) in [5.74, 6) is 0.0257. The molecule has 21 heavy (non-hydrogen) atoms. The van der Waals surface area contributed by atoms with E-state index in [1.807, 2.05) is 0 Å². The molecule has 1 aromatic heterocycles. The zero-order chi connectivity index (χ0) is 14.7. The van der Waals surface area contributed by atoms with Crippen molar-refractivity contribution in [2.24, 2.45) is 0 Å². The number of aromatic hydroxyl groups is 3. The van der Waals surface area contributed by atoms with Crippen LogP contribution in [0.25, 0.3) is 22.3 Å². The van der Waals surface area contributed by atoms with Crippen LogP contribution < -0.4 is 10.2 Å². The maximum atomic E-state index is 12.2. The van der Waals surface area contributed by atoms with Crippen molar-refractivity contribution in [3.8, 4) is 40.1 Å². The van der Waals surface area contributed by atoms with E-state index in [4.69, 9.17) is 9.15 Å². The van der Waals surface area contributed by atoms with Gasteiger partial charge in [0.25, 0.3) is 0 Å². The minimum absolute atomic E-state index is 0.0175. The van der Waals surface area contributed by atoms with Gasteiger partial charge >= 0.3 is 0 Å². The fourth-order valence-corrected chi connectivity index (χ4v) is 2.28. The molecule has 0 atom stereocenters. The average molecular weight is 284 g/mol. The molecule has 0 aliphatic carbocycles. The summed E-state index contributed by atoms with van der Waals surface area (Å²) < 4.78 is 10.6. The molecule has 3 aromatic rings. The molecular formula is C15H8O6. The van der Waals surface area contributed by atoms with Crippen LogP contribution in [-0.4, -0.2) is 15.3 Å². The third-order valence-electron chi connectivity index (χ3n) is 3.32. The van der Waals surface area contributed by atoms with Gasteiger partial charge in [-0.15, -0.1) is 0 Å². The summed E-state index contributed by atoms with van der Waals surface area (Å²) >= 11 is 0. The lowest BCUT2D eigenvalue weighted by Gasteiger charge is -2.06. The highest BCUT2D eigenvalue weighted by molar-refractivity contribution is 5.88. The quantitative estimate of drug-likeness (QED) is 0.464. The second kappa shape index (κ2) is 3.69. The minimum Gasteiger partial charge on any atom is -0.508 e. The van der Waals surface area contributed by atoms with Crippen LogP contribution in [0, 0.1) is 0 Å². The van der Waals surface area contributed by atoms with Crippen LogP contribution in [0.2, 0.25) is 0 Å². The maximum absolute atomic E-state index is 12.2. The van der Waals surface area contributed by atoms with E-state index in [0.29, 0.717) is 11.3 Å². The predicted octanol–water partition coefficient (Wildman–Crippen LogP) is 2.68. The largest absolute Gasteiger partial charge is 0.508 e. The number of fused-ring (bicyclic) bond motifs is 2. The first-order chi connectivity index (χ1) is 10.0. The normalized spacial score (nSPS) is 12.0. The molecule has 0 saturated carbocycles. The lowest BCUT2D eigenvalue weighted by Crippen LogP contribution is -2.02. The summed E-state index contributed by atoms with van der Waals surface area (Å²) in [5, 5.41) is 29.0. The Morgan fingerprint density at radius 1 is 0.952 bits per heavy atom. The molecule has 6 heteroatoms. The summed E-state index contributed by atoms with van der Waals surface area (Å²) in [6, 6.07) is 7.16. The Kier molecular flexibility index (Phi) is 2.05. The minimum atomic E-state index is -0.769. The Morgan fingerprint density at radius 2 is 1.76 bits per heavy atom. The molecule has 0 saturated heterocycles. The van der Waals surface area contributed by atoms with Crippen molar-refractivity contribution in [1.29, 1.82) is 0 Å².